The second-order valence-corrected chi connectivity index (χ2v) is 9.47. The molecule has 1 aromatic heterocycles. The highest BCUT2D eigenvalue weighted by Gasteiger charge is 2.37. The van der Waals surface area contributed by atoms with Gasteiger partial charge in [0, 0.05) is 44.4 Å². The molecule has 0 N–H and O–H groups in total. The van der Waals surface area contributed by atoms with E-state index >= 15 is 0 Å². The molecule has 2 aliphatic heterocycles. The lowest BCUT2D eigenvalue weighted by Crippen LogP contribution is -2.56. The number of piperazine rings is 1. The van der Waals surface area contributed by atoms with Crippen LogP contribution in [0.1, 0.15) is 19.4 Å². The zero-order valence-corrected chi connectivity index (χ0v) is 20.1. The summed E-state index contributed by atoms with van der Waals surface area (Å²) in [4.78, 5) is 30.5. The van der Waals surface area contributed by atoms with Crippen molar-refractivity contribution in [2.45, 2.75) is 25.8 Å². The van der Waals surface area contributed by atoms with E-state index in [2.05, 4.69) is 34.3 Å². The molecule has 2 aliphatic rings. The molecule has 0 spiro atoms. The molecule has 5 rings (SSSR count). The smallest absolute Gasteiger partial charge is 0.267 e. The Labute approximate surface area is 204 Å². The molecule has 0 aliphatic carbocycles. The first-order chi connectivity index (χ1) is 16.9. The predicted octanol–water partition coefficient (Wildman–Crippen LogP) is 2.76. The van der Waals surface area contributed by atoms with Crippen LogP contribution in [0.4, 0.5) is 0 Å². The Balaban J connectivity index is 1.27. The molecule has 182 valence electrons. The number of hydrogen-bond donors (Lipinski definition) is 0. The first-order valence-electron chi connectivity index (χ1n) is 12.0. The zero-order valence-electron chi connectivity index (χ0n) is 20.1. The highest BCUT2D eigenvalue weighted by molar-refractivity contribution is 5.83. The van der Waals surface area contributed by atoms with Crippen LogP contribution >= 0.6 is 0 Å². The van der Waals surface area contributed by atoms with Crippen LogP contribution in [-0.4, -0.2) is 65.0 Å². The van der Waals surface area contributed by atoms with E-state index in [0.717, 1.165) is 31.6 Å². The maximum absolute atomic E-state index is 13.5. The summed E-state index contributed by atoms with van der Waals surface area (Å²) in [5, 5.41) is 4.58. The summed E-state index contributed by atoms with van der Waals surface area (Å²) in [7, 11) is 0. The molecule has 3 heterocycles. The van der Waals surface area contributed by atoms with Gasteiger partial charge in [0.05, 0.1) is 5.69 Å². The Morgan fingerprint density at radius 1 is 0.943 bits per heavy atom. The van der Waals surface area contributed by atoms with Crippen LogP contribution < -0.4 is 15.0 Å². The Morgan fingerprint density at radius 3 is 2.46 bits per heavy atom. The number of ether oxygens (including phenoxy) is 2. The average Bonchev–Trinajstić information content (AvgIpc) is 3.36. The fraction of sp³-hybridized carbons (Fsp3) is 0.370. The highest BCUT2D eigenvalue weighted by Crippen LogP contribution is 2.35. The fourth-order valence-corrected chi connectivity index (χ4v) is 4.61. The van der Waals surface area contributed by atoms with Gasteiger partial charge in [-0.3, -0.25) is 14.5 Å². The minimum absolute atomic E-state index is 0.0994. The van der Waals surface area contributed by atoms with Crippen molar-refractivity contribution in [1.29, 1.82) is 0 Å². The van der Waals surface area contributed by atoms with Gasteiger partial charge in [-0.05, 0) is 50.1 Å². The van der Waals surface area contributed by atoms with Gasteiger partial charge in [-0.1, -0.05) is 30.3 Å². The number of hydrogen-bond acceptors (Lipinski definition) is 6. The van der Waals surface area contributed by atoms with E-state index < -0.39 is 5.54 Å². The fourth-order valence-electron chi connectivity index (χ4n) is 4.61. The SMILES string of the molecule is CC(C)(C(=O)N1CCN(CCc2ccccc2)CC1)n1nc(-c2ccc3c(c2)OCO3)ccc1=O. The lowest BCUT2D eigenvalue weighted by Gasteiger charge is -2.38. The molecule has 0 unspecified atom stereocenters. The monoisotopic (exact) mass is 474 g/mol. The van der Waals surface area contributed by atoms with E-state index in [1.165, 1.54) is 16.3 Å². The zero-order chi connectivity index (χ0) is 24.4. The molecule has 0 atom stereocenters. The summed E-state index contributed by atoms with van der Waals surface area (Å²) in [6.07, 6.45) is 0.992. The molecule has 1 fully saturated rings. The molecule has 0 bridgehead atoms. The van der Waals surface area contributed by atoms with Gasteiger partial charge in [0.1, 0.15) is 5.54 Å². The van der Waals surface area contributed by atoms with Crippen molar-refractivity contribution in [3.05, 3.63) is 76.6 Å². The molecule has 3 aromatic rings. The van der Waals surface area contributed by atoms with E-state index in [1.54, 1.807) is 19.9 Å². The van der Waals surface area contributed by atoms with Crippen molar-refractivity contribution in [3.63, 3.8) is 0 Å². The molecule has 0 saturated carbocycles. The topological polar surface area (TPSA) is 76.9 Å². The van der Waals surface area contributed by atoms with Crippen molar-refractivity contribution in [2.24, 2.45) is 0 Å². The summed E-state index contributed by atoms with van der Waals surface area (Å²) in [5.41, 5.74) is 1.28. The van der Waals surface area contributed by atoms with E-state index in [1.807, 2.05) is 29.2 Å². The van der Waals surface area contributed by atoms with E-state index in [9.17, 15) is 9.59 Å². The normalized spacial score (nSPS) is 15.9. The largest absolute Gasteiger partial charge is 0.454 e. The van der Waals surface area contributed by atoms with Crippen LogP contribution in [0.2, 0.25) is 0 Å². The third-order valence-electron chi connectivity index (χ3n) is 6.74. The van der Waals surface area contributed by atoms with Crippen LogP contribution in [0, 0.1) is 0 Å². The maximum atomic E-state index is 13.5. The van der Waals surface area contributed by atoms with Gasteiger partial charge in [-0.25, -0.2) is 4.68 Å². The molecule has 1 saturated heterocycles. The van der Waals surface area contributed by atoms with Gasteiger partial charge in [0.25, 0.3) is 5.56 Å². The van der Waals surface area contributed by atoms with Crippen molar-refractivity contribution in [2.75, 3.05) is 39.5 Å². The lowest BCUT2D eigenvalue weighted by atomic mass is 10.0. The van der Waals surface area contributed by atoms with Gasteiger partial charge < -0.3 is 14.4 Å². The van der Waals surface area contributed by atoms with Gasteiger partial charge in [-0.2, -0.15) is 5.10 Å². The van der Waals surface area contributed by atoms with E-state index in [0.29, 0.717) is 30.3 Å². The highest BCUT2D eigenvalue weighted by atomic mass is 16.7. The van der Waals surface area contributed by atoms with Crippen molar-refractivity contribution in [3.8, 4) is 22.8 Å². The van der Waals surface area contributed by atoms with Gasteiger partial charge in [0.2, 0.25) is 12.7 Å². The van der Waals surface area contributed by atoms with Gasteiger partial charge >= 0.3 is 0 Å². The third kappa shape index (κ3) is 4.79. The van der Waals surface area contributed by atoms with Crippen LogP contribution in [0.15, 0.2) is 65.5 Å². The second-order valence-electron chi connectivity index (χ2n) is 9.47. The summed E-state index contributed by atoms with van der Waals surface area (Å²) < 4.78 is 12.1. The maximum Gasteiger partial charge on any atom is 0.267 e. The predicted molar refractivity (Wildman–Crippen MR) is 133 cm³/mol. The Bertz CT molecular complexity index is 1260. The second kappa shape index (κ2) is 9.54. The molecule has 1 amide bonds. The molecule has 35 heavy (non-hydrogen) atoms. The summed E-state index contributed by atoms with van der Waals surface area (Å²) in [6, 6.07) is 19.1. The minimum Gasteiger partial charge on any atom is -0.454 e. The van der Waals surface area contributed by atoms with Crippen LogP contribution in [-0.2, 0) is 16.8 Å². The molecule has 2 aromatic carbocycles. The van der Waals surface area contributed by atoms with E-state index in [4.69, 9.17) is 9.47 Å². The van der Waals surface area contributed by atoms with Crippen molar-refractivity contribution in [1.82, 2.24) is 19.6 Å². The number of nitrogens with zero attached hydrogens (tertiary/aromatic N) is 4. The summed E-state index contributed by atoms with van der Waals surface area (Å²) >= 11 is 0. The third-order valence-corrected chi connectivity index (χ3v) is 6.74. The van der Waals surface area contributed by atoms with Crippen molar-refractivity contribution < 1.29 is 14.3 Å². The van der Waals surface area contributed by atoms with Crippen LogP contribution in [0.25, 0.3) is 11.3 Å². The number of aromatic nitrogens is 2. The molecular weight excluding hydrogens is 444 g/mol. The number of benzene rings is 2. The first-order valence-corrected chi connectivity index (χ1v) is 12.0. The Kier molecular flexibility index (Phi) is 6.30. The van der Waals surface area contributed by atoms with Crippen molar-refractivity contribution >= 4 is 5.91 Å². The molecular formula is C27H30N4O4. The molecule has 8 nitrogen and oxygen atoms in total. The van der Waals surface area contributed by atoms with Gasteiger partial charge in [-0.15, -0.1) is 0 Å². The summed E-state index contributed by atoms with van der Waals surface area (Å²) in [5.74, 6) is 1.22. The number of carbonyl (C=O) groups excluding carboxylic acids is 1. The number of fused-ring (bicyclic) bond motifs is 1. The van der Waals surface area contributed by atoms with Crippen LogP contribution in [0.5, 0.6) is 11.5 Å². The van der Waals surface area contributed by atoms with E-state index in [-0.39, 0.29) is 18.3 Å². The van der Waals surface area contributed by atoms with Crippen LogP contribution in [0.3, 0.4) is 0 Å². The molecule has 8 heteroatoms. The average molecular weight is 475 g/mol. The Hall–Kier alpha value is -3.65. The quantitative estimate of drug-likeness (QED) is 0.547. The Morgan fingerprint density at radius 2 is 1.69 bits per heavy atom. The number of amides is 1. The standard InChI is InChI=1S/C27H30N4O4/c1-27(2,26(33)30-16-14-29(15-17-30)13-12-20-6-4-3-5-7-20)31-25(32)11-9-22(28-31)21-8-10-23-24(18-21)35-19-34-23/h3-11,18H,12-17,19H2,1-2H3. The molecule has 0 radical (unpaired) electrons. The van der Waals surface area contributed by atoms with Gasteiger partial charge in [0.15, 0.2) is 11.5 Å². The number of carbonyl (C=O) groups is 1. The lowest BCUT2D eigenvalue weighted by molar-refractivity contribution is -0.141. The minimum atomic E-state index is -1.12. The summed E-state index contributed by atoms with van der Waals surface area (Å²) in [6.45, 7) is 7.56. The number of rotatable bonds is 6. The first kappa shape index (κ1) is 23.1.